The minimum Gasteiger partial charge on any atom is -0.382 e. The second-order valence-corrected chi connectivity index (χ2v) is 7.19. The number of aromatic nitrogens is 2. The summed E-state index contributed by atoms with van der Waals surface area (Å²) in [4.78, 5) is 12.2. The number of hydrogen-bond donors (Lipinski definition) is 3. The van der Waals surface area contributed by atoms with Gasteiger partial charge in [-0.15, -0.1) is 0 Å². The quantitative estimate of drug-likeness (QED) is 0.517. The van der Waals surface area contributed by atoms with Gasteiger partial charge in [0.25, 0.3) is 5.91 Å². The van der Waals surface area contributed by atoms with Crippen molar-refractivity contribution in [2.45, 2.75) is 50.1 Å². The van der Waals surface area contributed by atoms with E-state index in [0.29, 0.717) is 25.7 Å². The van der Waals surface area contributed by atoms with Crippen LogP contribution in [0.2, 0.25) is 0 Å². The number of carbonyl (C=O) groups is 1. The fourth-order valence-electron chi connectivity index (χ4n) is 3.52. The molecule has 1 aliphatic rings. The number of amides is 1. The van der Waals surface area contributed by atoms with Crippen molar-refractivity contribution < 1.29 is 31.1 Å². The highest BCUT2D eigenvalue weighted by atomic mass is 32.1. The molecule has 1 saturated carbocycles. The van der Waals surface area contributed by atoms with Crippen molar-refractivity contribution >= 4 is 38.6 Å². The Hall–Kier alpha value is -2.53. The van der Waals surface area contributed by atoms with E-state index in [1.165, 1.54) is 12.1 Å². The lowest BCUT2D eigenvalue weighted by Crippen LogP contribution is -2.40. The Morgan fingerprint density at radius 1 is 1.03 bits per heavy atom. The second kappa shape index (κ2) is 11.1. The SMILES string of the molecule is N#Cc1ccc(NC2CCC(NC(=O)c3cn[nH]c3C(F)(F)F)CC2)cc1C(F)(F)F.S.S. The molecule has 1 heterocycles. The molecule has 1 aromatic heterocycles. The van der Waals surface area contributed by atoms with Crippen molar-refractivity contribution in [2.75, 3.05) is 5.32 Å². The molecule has 0 radical (unpaired) electrons. The van der Waals surface area contributed by atoms with E-state index < -0.39 is 40.6 Å². The van der Waals surface area contributed by atoms with Crippen molar-refractivity contribution in [3.63, 3.8) is 0 Å². The van der Waals surface area contributed by atoms with Crippen LogP contribution >= 0.6 is 27.0 Å². The van der Waals surface area contributed by atoms with Crippen molar-refractivity contribution in [2.24, 2.45) is 0 Å². The molecule has 3 rings (SSSR count). The largest absolute Gasteiger partial charge is 0.433 e. The lowest BCUT2D eigenvalue weighted by molar-refractivity contribution is -0.141. The van der Waals surface area contributed by atoms with E-state index in [2.05, 4.69) is 15.7 Å². The van der Waals surface area contributed by atoms with Crippen LogP contribution in [0.3, 0.4) is 0 Å². The van der Waals surface area contributed by atoms with Gasteiger partial charge in [-0.1, -0.05) is 0 Å². The number of rotatable bonds is 4. The molecule has 0 bridgehead atoms. The Labute approximate surface area is 199 Å². The van der Waals surface area contributed by atoms with Crippen LogP contribution in [0.5, 0.6) is 0 Å². The lowest BCUT2D eigenvalue weighted by Gasteiger charge is -2.30. The highest BCUT2D eigenvalue weighted by Crippen LogP contribution is 2.34. The van der Waals surface area contributed by atoms with Crippen LogP contribution in [0.15, 0.2) is 24.4 Å². The topological polar surface area (TPSA) is 93.6 Å². The first-order chi connectivity index (χ1) is 14.5. The summed E-state index contributed by atoms with van der Waals surface area (Å²) in [5.74, 6) is -0.889. The minimum absolute atomic E-state index is 0. The van der Waals surface area contributed by atoms with E-state index in [0.717, 1.165) is 18.3 Å². The first-order valence-electron chi connectivity index (χ1n) is 9.28. The standard InChI is InChI=1S/C19H17F6N5O.2H2S/c20-18(21,22)15-7-13(2-1-10(15)8-26)28-11-3-5-12(6-4-11)29-17(31)14-9-27-30-16(14)19(23,24)25;;/h1-2,7,9,11-12,28H,3-6H2,(H,27,30)(H,29,31);2*1H2. The number of halogens is 6. The molecule has 3 N–H and O–H groups in total. The van der Waals surface area contributed by atoms with Gasteiger partial charge in [0.1, 0.15) is 0 Å². The Bertz CT molecular complexity index is 994. The highest BCUT2D eigenvalue weighted by molar-refractivity contribution is 7.59. The van der Waals surface area contributed by atoms with Gasteiger partial charge in [0, 0.05) is 17.8 Å². The van der Waals surface area contributed by atoms with Gasteiger partial charge in [-0.3, -0.25) is 9.89 Å². The molecule has 0 saturated heterocycles. The summed E-state index contributed by atoms with van der Waals surface area (Å²) in [5, 5.41) is 19.4. The Morgan fingerprint density at radius 3 is 2.18 bits per heavy atom. The monoisotopic (exact) mass is 513 g/mol. The maximum atomic E-state index is 13.1. The summed E-state index contributed by atoms with van der Waals surface area (Å²) >= 11 is 0. The molecule has 14 heteroatoms. The third kappa shape index (κ3) is 6.97. The van der Waals surface area contributed by atoms with Crippen molar-refractivity contribution in [3.05, 3.63) is 46.8 Å². The number of alkyl halides is 6. The molecule has 0 unspecified atom stereocenters. The molecule has 33 heavy (non-hydrogen) atoms. The van der Waals surface area contributed by atoms with Gasteiger partial charge in [-0.2, -0.15) is 63.7 Å². The highest BCUT2D eigenvalue weighted by Gasteiger charge is 2.38. The van der Waals surface area contributed by atoms with Crippen molar-refractivity contribution in [1.29, 1.82) is 5.26 Å². The van der Waals surface area contributed by atoms with Gasteiger partial charge in [0.15, 0.2) is 5.69 Å². The summed E-state index contributed by atoms with van der Waals surface area (Å²) < 4.78 is 77.9. The van der Waals surface area contributed by atoms with Gasteiger partial charge in [0.05, 0.1) is 29.0 Å². The molecule has 182 valence electrons. The second-order valence-electron chi connectivity index (χ2n) is 7.19. The van der Waals surface area contributed by atoms with Crippen molar-refractivity contribution in [1.82, 2.24) is 15.5 Å². The van der Waals surface area contributed by atoms with Gasteiger partial charge in [-0.05, 0) is 43.9 Å². The van der Waals surface area contributed by atoms with Crippen LogP contribution in [0.4, 0.5) is 32.0 Å². The summed E-state index contributed by atoms with van der Waals surface area (Å²) in [5.41, 5.74) is -3.10. The number of carbonyl (C=O) groups excluding carboxylic acids is 1. The molecule has 1 aliphatic carbocycles. The summed E-state index contributed by atoms with van der Waals surface area (Å²) in [6, 6.07) is 4.33. The zero-order valence-corrected chi connectivity index (χ0v) is 18.9. The molecule has 1 aromatic carbocycles. The number of aromatic amines is 1. The number of benzene rings is 1. The van der Waals surface area contributed by atoms with Crippen molar-refractivity contribution in [3.8, 4) is 6.07 Å². The zero-order chi connectivity index (χ0) is 22.8. The Balaban J connectivity index is 0.00000272. The molecule has 1 fully saturated rings. The Morgan fingerprint density at radius 2 is 1.64 bits per heavy atom. The number of nitriles is 1. The third-order valence-electron chi connectivity index (χ3n) is 5.05. The molecule has 2 aromatic rings. The molecular formula is C19H21F6N5OS2. The molecule has 1 amide bonds. The number of H-pyrrole nitrogens is 1. The molecule has 0 atom stereocenters. The first-order valence-corrected chi connectivity index (χ1v) is 9.28. The lowest BCUT2D eigenvalue weighted by atomic mass is 9.90. The smallest absolute Gasteiger partial charge is 0.382 e. The van der Waals surface area contributed by atoms with Crippen LogP contribution in [-0.4, -0.2) is 28.2 Å². The number of anilines is 1. The summed E-state index contributed by atoms with van der Waals surface area (Å²) in [6.45, 7) is 0. The molecular weight excluding hydrogens is 492 g/mol. The predicted molar refractivity (Wildman–Crippen MR) is 118 cm³/mol. The van der Waals surface area contributed by atoms with Crippen LogP contribution < -0.4 is 10.6 Å². The molecule has 0 aliphatic heterocycles. The van der Waals surface area contributed by atoms with E-state index in [9.17, 15) is 31.1 Å². The summed E-state index contributed by atoms with van der Waals surface area (Å²) in [6.07, 6.45) is -6.73. The van der Waals surface area contributed by atoms with Gasteiger partial charge in [-0.25, -0.2) is 0 Å². The molecule has 0 spiro atoms. The minimum atomic E-state index is -4.74. The fraction of sp³-hybridized carbons (Fsp3) is 0.421. The average Bonchev–Trinajstić information content (AvgIpc) is 3.19. The normalized spacial score (nSPS) is 18.3. The average molecular weight is 514 g/mol. The maximum Gasteiger partial charge on any atom is 0.433 e. The van der Waals surface area contributed by atoms with Gasteiger partial charge >= 0.3 is 12.4 Å². The maximum absolute atomic E-state index is 13.1. The molecule has 6 nitrogen and oxygen atoms in total. The third-order valence-corrected chi connectivity index (χ3v) is 5.05. The fourth-order valence-corrected chi connectivity index (χ4v) is 3.52. The zero-order valence-electron chi connectivity index (χ0n) is 16.9. The number of nitrogens with zero attached hydrogens (tertiary/aromatic N) is 2. The van der Waals surface area contributed by atoms with E-state index in [1.807, 2.05) is 0 Å². The van der Waals surface area contributed by atoms with Gasteiger partial charge in [0.2, 0.25) is 0 Å². The van der Waals surface area contributed by atoms with Gasteiger partial charge < -0.3 is 10.6 Å². The summed E-state index contributed by atoms with van der Waals surface area (Å²) in [7, 11) is 0. The number of nitrogens with one attached hydrogen (secondary N) is 3. The van der Waals surface area contributed by atoms with E-state index in [-0.39, 0.29) is 44.8 Å². The van der Waals surface area contributed by atoms with E-state index in [4.69, 9.17) is 5.26 Å². The van der Waals surface area contributed by atoms with Crippen LogP contribution in [-0.2, 0) is 12.4 Å². The van der Waals surface area contributed by atoms with Crippen LogP contribution in [0, 0.1) is 11.3 Å². The van der Waals surface area contributed by atoms with Crippen LogP contribution in [0.25, 0.3) is 0 Å². The number of hydrogen-bond acceptors (Lipinski definition) is 4. The first kappa shape index (κ1) is 28.5. The van der Waals surface area contributed by atoms with E-state index >= 15 is 0 Å². The predicted octanol–water partition coefficient (Wildman–Crippen LogP) is 4.70. The van der Waals surface area contributed by atoms with E-state index in [1.54, 1.807) is 5.10 Å². The Kier molecular flexibility index (Phi) is 9.55. The van der Waals surface area contributed by atoms with Crippen LogP contribution in [0.1, 0.15) is 52.9 Å².